The fourth-order valence-electron chi connectivity index (χ4n) is 8.48. The van der Waals surface area contributed by atoms with E-state index in [0.29, 0.717) is 34.1 Å². The van der Waals surface area contributed by atoms with Crippen LogP contribution in [0.15, 0.2) is 108 Å². The van der Waals surface area contributed by atoms with Crippen LogP contribution in [0.4, 0.5) is 0 Å². The number of fused-ring (bicyclic) bond motifs is 3. The Morgan fingerprint density at radius 3 is 2.19 bits per heavy atom. The highest BCUT2D eigenvalue weighted by atomic mass is 14.9. The molecule has 6 nitrogen and oxygen atoms in total. The highest BCUT2D eigenvalue weighted by molar-refractivity contribution is 6.09. The first-order valence-corrected chi connectivity index (χ1v) is 16.3. The van der Waals surface area contributed by atoms with E-state index >= 15 is 0 Å². The minimum Gasteiger partial charge on any atom is -0.383 e. The van der Waals surface area contributed by atoms with E-state index in [0.717, 1.165) is 27.9 Å². The van der Waals surface area contributed by atoms with Gasteiger partial charge in [0.05, 0.1) is 28.8 Å². The topological polar surface area (TPSA) is 123 Å². The molecular formula is C41H36N6. The minimum absolute atomic E-state index is 0.107. The molecule has 47 heavy (non-hydrogen) atoms. The molecule has 4 unspecified atom stereocenters. The number of rotatable bonds is 5. The summed E-state index contributed by atoms with van der Waals surface area (Å²) < 4.78 is 0. The van der Waals surface area contributed by atoms with E-state index in [1.54, 1.807) is 24.3 Å². The van der Waals surface area contributed by atoms with Crippen molar-refractivity contribution in [2.45, 2.75) is 44.4 Å². The highest BCUT2D eigenvalue weighted by Gasteiger charge is 2.51. The van der Waals surface area contributed by atoms with E-state index in [4.69, 9.17) is 16.4 Å². The molecule has 5 aromatic rings. The van der Waals surface area contributed by atoms with Crippen LogP contribution in [-0.2, 0) is 5.41 Å². The predicted octanol–water partition coefficient (Wildman–Crippen LogP) is 8.51. The number of nitrogens with zero attached hydrogens (tertiary/aromatic N) is 4. The van der Waals surface area contributed by atoms with Crippen molar-refractivity contribution in [2.75, 3.05) is 0 Å². The van der Waals surface area contributed by atoms with Crippen LogP contribution < -0.4 is 5.73 Å². The Morgan fingerprint density at radius 1 is 0.830 bits per heavy atom. The Morgan fingerprint density at radius 2 is 1.49 bits per heavy atom. The Balaban J connectivity index is 1.25. The van der Waals surface area contributed by atoms with Crippen LogP contribution >= 0.6 is 0 Å². The summed E-state index contributed by atoms with van der Waals surface area (Å²) in [5.41, 5.74) is 14.4. The van der Waals surface area contributed by atoms with Crippen molar-refractivity contribution in [3.05, 3.63) is 137 Å². The maximum atomic E-state index is 9.52. The smallest absolute Gasteiger partial charge is 0.154 e. The predicted molar refractivity (Wildman–Crippen MR) is 187 cm³/mol. The van der Waals surface area contributed by atoms with Crippen molar-refractivity contribution in [1.29, 1.82) is 15.9 Å². The van der Waals surface area contributed by atoms with Crippen LogP contribution in [-0.4, -0.2) is 16.7 Å². The van der Waals surface area contributed by atoms with Gasteiger partial charge in [0.2, 0.25) is 0 Å². The molecule has 1 heterocycles. The summed E-state index contributed by atoms with van der Waals surface area (Å²) in [4.78, 5) is 8.93. The van der Waals surface area contributed by atoms with Gasteiger partial charge in [-0.2, -0.15) is 10.5 Å². The molecule has 4 atom stereocenters. The third kappa shape index (κ3) is 5.37. The molecule has 0 aliphatic heterocycles. The summed E-state index contributed by atoms with van der Waals surface area (Å²) in [6, 6.07) is 36.5. The van der Waals surface area contributed by atoms with Gasteiger partial charge in [-0.05, 0) is 108 Å². The normalized spacial score (nSPS) is 22.3. The number of aliphatic imine (C=N–C) groups is 1. The van der Waals surface area contributed by atoms with Crippen molar-refractivity contribution in [3.8, 4) is 23.3 Å². The summed E-state index contributed by atoms with van der Waals surface area (Å²) in [5.74, 6) is 2.12. The summed E-state index contributed by atoms with van der Waals surface area (Å²) >= 11 is 0. The number of hydrogen-bond donors (Lipinski definition) is 2. The zero-order valence-corrected chi connectivity index (χ0v) is 26.4. The number of aromatic nitrogens is 1. The van der Waals surface area contributed by atoms with Gasteiger partial charge in [0, 0.05) is 28.1 Å². The second-order valence-corrected chi connectivity index (χ2v) is 13.1. The molecule has 2 aliphatic rings. The largest absolute Gasteiger partial charge is 0.383 e. The fourth-order valence-corrected chi connectivity index (χ4v) is 8.48. The molecule has 230 valence electrons. The maximum absolute atomic E-state index is 9.52. The van der Waals surface area contributed by atoms with Crippen LogP contribution in [0, 0.1) is 45.8 Å². The SMILES string of the molecule is CC1CC2CCCC(C2)C1(c1ccc(C(=N)/N=C(\N)c2ccc(C#N)cc2)cc1)c1ccc(-c2ccnc3ccc(C#N)cc23)cc1. The van der Waals surface area contributed by atoms with E-state index in [-0.39, 0.29) is 17.1 Å². The quantitative estimate of drug-likeness (QED) is 0.153. The Labute approximate surface area is 275 Å². The molecule has 0 radical (unpaired) electrons. The summed E-state index contributed by atoms with van der Waals surface area (Å²) in [6.07, 6.45) is 8.07. The third-order valence-electron chi connectivity index (χ3n) is 10.6. The molecule has 0 amide bonds. The second-order valence-electron chi connectivity index (χ2n) is 13.1. The van der Waals surface area contributed by atoms with E-state index < -0.39 is 0 Å². The van der Waals surface area contributed by atoms with Gasteiger partial charge < -0.3 is 5.73 Å². The first-order chi connectivity index (χ1) is 22.9. The number of nitrogens with two attached hydrogens (primary N) is 1. The van der Waals surface area contributed by atoms with Crippen molar-refractivity contribution in [3.63, 3.8) is 0 Å². The molecular weight excluding hydrogens is 576 g/mol. The van der Waals surface area contributed by atoms with Gasteiger partial charge in [0.25, 0.3) is 0 Å². The lowest BCUT2D eigenvalue weighted by atomic mass is 9.49. The monoisotopic (exact) mass is 612 g/mol. The molecule has 4 aromatic carbocycles. The highest BCUT2D eigenvalue weighted by Crippen LogP contribution is 2.58. The zero-order valence-electron chi connectivity index (χ0n) is 26.4. The average molecular weight is 613 g/mol. The van der Waals surface area contributed by atoms with E-state index in [9.17, 15) is 5.26 Å². The van der Waals surface area contributed by atoms with E-state index in [1.165, 1.54) is 43.2 Å². The van der Waals surface area contributed by atoms with Gasteiger partial charge in [0.15, 0.2) is 5.84 Å². The number of pyridine rings is 1. The van der Waals surface area contributed by atoms with Crippen molar-refractivity contribution < 1.29 is 0 Å². The van der Waals surface area contributed by atoms with Crippen LogP contribution in [0.25, 0.3) is 22.0 Å². The zero-order chi connectivity index (χ0) is 32.5. The van der Waals surface area contributed by atoms with Crippen LogP contribution in [0.1, 0.15) is 72.4 Å². The molecule has 1 aromatic heterocycles. The summed E-state index contributed by atoms with van der Waals surface area (Å²) in [7, 11) is 0. The Kier molecular flexibility index (Phi) is 7.88. The number of nitrogens with one attached hydrogen (secondary N) is 1. The first-order valence-electron chi connectivity index (χ1n) is 16.3. The molecule has 2 fully saturated rings. The average Bonchev–Trinajstić information content (AvgIpc) is 3.12. The van der Waals surface area contributed by atoms with E-state index in [1.807, 2.05) is 42.6 Å². The van der Waals surface area contributed by atoms with Gasteiger partial charge in [-0.3, -0.25) is 10.4 Å². The molecule has 6 heteroatoms. The number of hydrogen-bond acceptors (Lipinski definition) is 4. The van der Waals surface area contributed by atoms with Gasteiger partial charge >= 0.3 is 0 Å². The van der Waals surface area contributed by atoms with Crippen molar-refractivity contribution in [1.82, 2.24) is 4.98 Å². The minimum atomic E-state index is -0.144. The Hall–Kier alpha value is -5.59. The molecule has 0 saturated heterocycles. The van der Waals surface area contributed by atoms with Gasteiger partial charge in [-0.1, -0.05) is 68.3 Å². The lowest BCUT2D eigenvalue weighted by Gasteiger charge is -2.54. The first kappa shape index (κ1) is 30.1. The Bertz CT molecular complexity index is 2080. The standard InChI is InChI=1S/C41H36N6/c1-26-21-28-3-2-4-35(22-28)41(26,33-14-10-30(11-15-33)36-19-20-46-38-18-7-29(25-43)23-37(36)38)34-16-12-32(13-17-34)40(45)47-39(44)31-8-5-27(24-42)6-9-31/h5-20,23,26,28,35H,2-4,21-22H2,1H3,(H3,44,45,47). The molecule has 2 aliphatic carbocycles. The van der Waals surface area contributed by atoms with Gasteiger partial charge in [-0.15, -0.1) is 0 Å². The number of amidine groups is 2. The van der Waals surface area contributed by atoms with E-state index in [2.05, 4.69) is 65.4 Å². The molecule has 0 spiro atoms. The number of benzene rings is 4. The lowest BCUT2D eigenvalue weighted by Crippen LogP contribution is -2.49. The third-order valence-corrected chi connectivity index (χ3v) is 10.6. The maximum Gasteiger partial charge on any atom is 0.154 e. The lowest BCUT2D eigenvalue weighted by molar-refractivity contribution is 0.0642. The molecule has 7 rings (SSSR count). The summed E-state index contributed by atoms with van der Waals surface area (Å²) in [5, 5.41) is 28.3. The molecule has 3 N–H and O–H groups in total. The number of nitriles is 2. The second kappa shape index (κ2) is 12.3. The molecule has 2 saturated carbocycles. The summed E-state index contributed by atoms with van der Waals surface area (Å²) in [6.45, 7) is 2.43. The fraction of sp³-hybridized carbons (Fsp3) is 0.244. The van der Waals surface area contributed by atoms with Gasteiger partial charge in [-0.25, -0.2) is 4.99 Å². The van der Waals surface area contributed by atoms with Crippen LogP contribution in [0.2, 0.25) is 0 Å². The van der Waals surface area contributed by atoms with Gasteiger partial charge in [0.1, 0.15) is 5.84 Å². The van der Waals surface area contributed by atoms with Crippen LogP contribution in [0.3, 0.4) is 0 Å². The van der Waals surface area contributed by atoms with Crippen molar-refractivity contribution >= 4 is 22.6 Å². The molecule has 2 bridgehead atoms. The van der Waals surface area contributed by atoms with Crippen LogP contribution in [0.5, 0.6) is 0 Å². The van der Waals surface area contributed by atoms with Crippen molar-refractivity contribution in [2.24, 2.45) is 28.5 Å².